The van der Waals surface area contributed by atoms with Crippen LogP contribution in [-0.4, -0.2) is 85.1 Å². The van der Waals surface area contributed by atoms with Gasteiger partial charge < -0.3 is 19.4 Å². The maximum Gasteiger partial charge on any atom is 0.320 e. The Morgan fingerprint density at radius 3 is 2.62 bits per heavy atom. The first-order chi connectivity index (χ1) is 16.4. The van der Waals surface area contributed by atoms with E-state index in [2.05, 4.69) is 32.1 Å². The summed E-state index contributed by atoms with van der Waals surface area (Å²) >= 11 is 0. The van der Waals surface area contributed by atoms with Gasteiger partial charge in [0.2, 0.25) is 0 Å². The summed E-state index contributed by atoms with van der Waals surface area (Å²) in [5.74, 6) is 0.649. The molecule has 0 bridgehead atoms. The monoisotopic (exact) mass is 488 g/mol. The molecular formula is C23H32N6O4S. The Kier molecular flexibility index (Phi) is 7.96. The summed E-state index contributed by atoms with van der Waals surface area (Å²) in [5.41, 5.74) is 2.29. The van der Waals surface area contributed by atoms with Crippen LogP contribution in [0.5, 0.6) is 6.01 Å². The second-order valence-corrected chi connectivity index (χ2v) is 10.4. The molecule has 1 aliphatic rings. The largest absolute Gasteiger partial charge is 0.463 e. The standard InChI is InChI=1S/C23H32N6O4S/c1-3-4-13-33-23-26-21(24-9-10-28-11-14-32-15-12-28)20-22(27-23)29(17-25-20)16-18-5-7-19(8-6-18)34(2,30)31/h5-8,17H,3-4,9-16H2,1-2H3,(H,24,26,27). The van der Waals surface area contributed by atoms with Crippen molar-refractivity contribution in [1.29, 1.82) is 0 Å². The first kappa shape index (κ1) is 24.4. The molecular weight excluding hydrogens is 456 g/mol. The normalized spacial score (nSPS) is 15.0. The van der Waals surface area contributed by atoms with Gasteiger partial charge in [-0.1, -0.05) is 25.5 Å². The molecule has 0 spiro atoms. The molecule has 0 saturated carbocycles. The van der Waals surface area contributed by atoms with Gasteiger partial charge >= 0.3 is 6.01 Å². The molecule has 1 aliphatic heterocycles. The average molecular weight is 489 g/mol. The van der Waals surface area contributed by atoms with Crippen molar-refractivity contribution >= 4 is 26.8 Å². The zero-order valence-corrected chi connectivity index (χ0v) is 20.6. The highest BCUT2D eigenvalue weighted by Crippen LogP contribution is 2.23. The maximum absolute atomic E-state index is 11.7. The zero-order chi connectivity index (χ0) is 24.0. The summed E-state index contributed by atoms with van der Waals surface area (Å²) in [6.45, 7) is 8.16. The summed E-state index contributed by atoms with van der Waals surface area (Å²) in [6, 6.07) is 7.18. The fraction of sp³-hybridized carbons (Fsp3) is 0.522. The fourth-order valence-corrected chi connectivity index (χ4v) is 4.36. The Bertz CT molecular complexity index is 1190. The highest BCUT2D eigenvalue weighted by atomic mass is 32.2. The van der Waals surface area contributed by atoms with Gasteiger partial charge in [0.25, 0.3) is 0 Å². The molecule has 1 N–H and O–H groups in total. The number of benzene rings is 1. The van der Waals surface area contributed by atoms with E-state index in [0.717, 1.165) is 57.8 Å². The number of imidazole rings is 1. The molecule has 2 aromatic heterocycles. The van der Waals surface area contributed by atoms with Gasteiger partial charge in [0.1, 0.15) is 0 Å². The van der Waals surface area contributed by atoms with Crippen molar-refractivity contribution in [3.05, 3.63) is 36.2 Å². The number of nitrogens with zero attached hydrogens (tertiary/aromatic N) is 5. The molecule has 3 aromatic rings. The fourth-order valence-electron chi connectivity index (χ4n) is 3.73. The number of nitrogens with one attached hydrogen (secondary N) is 1. The van der Waals surface area contributed by atoms with Crippen molar-refractivity contribution in [1.82, 2.24) is 24.4 Å². The molecule has 1 aromatic carbocycles. The molecule has 0 aliphatic carbocycles. The van der Waals surface area contributed by atoms with Crippen molar-refractivity contribution in [3.8, 4) is 6.01 Å². The van der Waals surface area contributed by atoms with Crippen molar-refractivity contribution in [2.24, 2.45) is 0 Å². The third-order valence-corrected chi connectivity index (χ3v) is 6.83. The third-order valence-electron chi connectivity index (χ3n) is 5.70. The molecule has 3 heterocycles. The van der Waals surface area contributed by atoms with Gasteiger partial charge in [-0.15, -0.1) is 0 Å². The lowest BCUT2D eigenvalue weighted by Crippen LogP contribution is -2.39. The van der Waals surface area contributed by atoms with Crippen LogP contribution in [0.15, 0.2) is 35.5 Å². The van der Waals surface area contributed by atoms with Crippen LogP contribution in [0.2, 0.25) is 0 Å². The van der Waals surface area contributed by atoms with E-state index in [4.69, 9.17) is 9.47 Å². The Labute approximate surface area is 200 Å². The molecule has 1 saturated heterocycles. The first-order valence-electron chi connectivity index (χ1n) is 11.6. The van der Waals surface area contributed by atoms with Crippen LogP contribution in [0.25, 0.3) is 11.2 Å². The molecule has 184 valence electrons. The van der Waals surface area contributed by atoms with Gasteiger partial charge in [-0.2, -0.15) is 9.97 Å². The Morgan fingerprint density at radius 2 is 1.91 bits per heavy atom. The highest BCUT2D eigenvalue weighted by Gasteiger charge is 2.16. The van der Waals surface area contributed by atoms with Crippen LogP contribution in [0.4, 0.5) is 5.82 Å². The lowest BCUT2D eigenvalue weighted by molar-refractivity contribution is 0.0398. The Morgan fingerprint density at radius 1 is 1.15 bits per heavy atom. The van der Waals surface area contributed by atoms with E-state index in [9.17, 15) is 8.42 Å². The second kappa shape index (κ2) is 11.1. The molecule has 10 nitrogen and oxygen atoms in total. The minimum Gasteiger partial charge on any atom is -0.463 e. The summed E-state index contributed by atoms with van der Waals surface area (Å²) in [6.07, 6.45) is 4.88. The number of anilines is 1. The predicted octanol–water partition coefficient (Wildman–Crippen LogP) is 2.20. The van der Waals surface area contributed by atoms with Crippen LogP contribution >= 0.6 is 0 Å². The first-order valence-corrected chi connectivity index (χ1v) is 13.5. The van der Waals surface area contributed by atoms with E-state index in [1.165, 1.54) is 6.26 Å². The molecule has 0 radical (unpaired) electrons. The Hall–Kier alpha value is -2.76. The van der Waals surface area contributed by atoms with Crippen molar-refractivity contribution < 1.29 is 17.9 Å². The van der Waals surface area contributed by atoms with Gasteiger partial charge in [0.05, 0.1) is 37.6 Å². The molecule has 4 rings (SSSR count). The van der Waals surface area contributed by atoms with E-state index in [1.54, 1.807) is 18.5 Å². The molecule has 0 amide bonds. The number of hydrogen-bond donors (Lipinski definition) is 1. The molecule has 0 atom stereocenters. The number of rotatable bonds is 11. The number of ether oxygens (including phenoxy) is 2. The minimum atomic E-state index is -3.23. The van der Waals surface area contributed by atoms with Gasteiger partial charge in [-0.3, -0.25) is 4.90 Å². The summed E-state index contributed by atoms with van der Waals surface area (Å²) in [4.78, 5) is 16.4. The van der Waals surface area contributed by atoms with E-state index in [-0.39, 0.29) is 0 Å². The lowest BCUT2D eigenvalue weighted by Gasteiger charge is -2.26. The minimum absolute atomic E-state index is 0.299. The van der Waals surface area contributed by atoms with Crippen LogP contribution in [0, 0.1) is 0 Å². The van der Waals surface area contributed by atoms with E-state index in [1.807, 2.05) is 16.7 Å². The smallest absolute Gasteiger partial charge is 0.320 e. The SMILES string of the molecule is CCCCOc1nc(NCCN2CCOCC2)c2ncn(Cc3ccc(S(C)(=O)=O)cc3)c2n1. The van der Waals surface area contributed by atoms with E-state index in [0.29, 0.717) is 41.0 Å². The average Bonchev–Trinajstić information content (AvgIpc) is 3.22. The Balaban J connectivity index is 1.55. The summed E-state index contributed by atoms with van der Waals surface area (Å²) < 4.78 is 36.7. The number of hydrogen-bond acceptors (Lipinski definition) is 9. The van der Waals surface area contributed by atoms with Crippen molar-refractivity contribution in [2.45, 2.75) is 31.2 Å². The van der Waals surface area contributed by atoms with Gasteiger partial charge in [-0.05, 0) is 24.1 Å². The van der Waals surface area contributed by atoms with Gasteiger partial charge in [0, 0.05) is 32.4 Å². The van der Waals surface area contributed by atoms with Crippen LogP contribution in [0.3, 0.4) is 0 Å². The second-order valence-electron chi connectivity index (χ2n) is 8.40. The van der Waals surface area contributed by atoms with E-state index < -0.39 is 9.84 Å². The van der Waals surface area contributed by atoms with Crippen LogP contribution in [-0.2, 0) is 21.1 Å². The number of sulfone groups is 1. The topological polar surface area (TPSA) is 111 Å². The molecule has 1 fully saturated rings. The maximum atomic E-state index is 11.7. The summed E-state index contributed by atoms with van der Waals surface area (Å²) in [5, 5.41) is 3.41. The number of morpholine rings is 1. The third kappa shape index (κ3) is 6.22. The van der Waals surface area contributed by atoms with Gasteiger partial charge in [-0.25, -0.2) is 13.4 Å². The predicted molar refractivity (Wildman–Crippen MR) is 130 cm³/mol. The van der Waals surface area contributed by atoms with Gasteiger partial charge in [0.15, 0.2) is 26.8 Å². The summed E-state index contributed by atoms with van der Waals surface area (Å²) in [7, 11) is -3.23. The number of fused-ring (bicyclic) bond motifs is 1. The van der Waals surface area contributed by atoms with Crippen LogP contribution < -0.4 is 10.1 Å². The zero-order valence-electron chi connectivity index (χ0n) is 19.7. The molecule has 0 unspecified atom stereocenters. The number of unbranched alkanes of at least 4 members (excludes halogenated alkanes) is 1. The number of aromatic nitrogens is 4. The highest BCUT2D eigenvalue weighted by molar-refractivity contribution is 7.90. The van der Waals surface area contributed by atoms with Crippen molar-refractivity contribution in [3.63, 3.8) is 0 Å². The van der Waals surface area contributed by atoms with Crippen LogP contribution in [0.1, 0.15) is 25.3 Å². The molecule has 11 heteroatoms. The quantitative estimate of drug-likeness (QED) is 0.406. The lowest BCUT2D eigenvalue weighted by atomic mass is 10.2. The van der Waals surface area contributed by atoms with Crippen molar-refractivity contribution in [2.75, 3.05) is 57.6 Å². The van der Waals surface area contributed by atoms with E-state index >= 15 is 0 Å². The molecule has 34 heavy (non-hydrogen) atoms.